The molecule has 1 aromatic rings. The number of hydrogen-bond acceptors (Lipinski definition) is 3. The number of carbonyl (C=O) groups is 1. The van der Waals surface area contributed by atoms with E-state index in [1.807, 2.05) is 30.3 Å². The number of benzene rings is 1. The Balaban J connectivity index is 1.82. The van der Waals surface area contributed by atoms with E-state index < -0.39 is 10.0 Å². The third-order valence-electron chi connectivity index (χ3n) is 4.00. The van der Waals surface area contributed by atoms with E-state index in [0.29, 0.717) is 13.1 Å². The van der Waals surface area contributed by atoms with Crippen molar-refractivity contribution in [2.24, 2.45) is 0 Å². The van der Waals surface area contributed by atoms with E-state index in [-0.39, 0.29) is 18.6 Å². The number of nitrogens with one attached hydrogen (secondary N) is 2. The number of piperidine rings is 1. The molecule has 1 aliphatic heterocycles. The Labute approximate surface area is 138 Å². The van der Waals surface area contributed by atoms with Gasteiger partial charge >= 0.3 is 6.03 Å². The van der Waals surface area contributed by atoms with Crippen molar-refractivity contribution in [1.29, 1.82) is 0 Å². The zero-order valence-electron chi connectivity index (χ0n) is 13.5. The second kappa shape index (κ2) is 8.31. The van der Waals surface area contributed by atoms with Gasteiger partial charge in [-0.15, -0.1) is 0 Å². The van der Waals surface area contributed by atoms with Crippen molar-refractivity contribution in [3.63, 3.8) is 0 Å². The average Bonchev–Trinajstić information content (AvgIpc) is 2.53. The first-order chi connectivity index (χ1) is 11.0. The van der Waals surface area contributed by atoms with Gasteiger partial charge in [0.05, 0.1) is 6.26 Å². The summed E-state index contributed by atoms with van der Waals surface area (Å²) in [4.78, 5) is 14.1. The Morgan fingerprint density at radius 3 is 2.70 bits per heavy atom. The van der Waals surface area contributed by atoms with Crippen molar-refractivity contribution >= 4 is 16.1 Å². The lowest BCUT2D eigenvalue weighted by Gasteiger charge is -2.35. The number of hydrogen-bond donors (Lipinski definition) is 2. The summed E-state index contributed by atoms with van der Waals surface area (Å²) < 4.78 is 25.0. The molecule has 1 saturated heterocycles. The lowest BCUT2D eigenvalue weighted by atomic mass is 10.0. The van der Waals surface area contributed by atoms with E-state index in [1.165, 1.54) is 5.56 Å². The highest BCUT2D eigenvalue weighted by Gasteiger charge is 2.26. The van der Waals surface area contributed by atoms with Crippen LogP contribution in [0.4, 0.5) is 4.79 Å². The van der Waals surface area contributed by atoms with Crippen LogP contribution in [0.5, 0.6) is 0 Å². The second-order valence-electron chi connectivity index (χ2n) is 5.93. The van der Waals surface area contributed by atoms with E-state index >= 15 is 0 Å². The van der Waals surface area contributed by atoms with Crippen LogP contribution >= 0.6 is 0 Å². The van der Waals surface area contributed by atoms with Gasteiger partial charge in [-0.1, -0.05) is 30.3 Å². The van der Waals surface area contributed by atoms with Crippen LogP contribution in [-0.2, 0) is 16.4 Å². The van der Waals surface area contributed by atoms with Crippen molar-refractivity contribution < 1.29 is 13.2 Å². The molecule has 2 amide bonds. The van der Waals surface area contributed by atoms with Gasteiger partial charge in [0.1, 0.15) is 0 Å². The number of nitrogens with zero attached hydrogens (tertiary/aromatic N) is 1. The predicted octanol–water partition coefficient (Wildman–Crippen LogP) is 1.34. The van der Waals surface area contributed by atoms with Crippen LogP contribution in [0.15, 0.2) is 30.3 Å². The van der Waals surface area contributed by atoms with Crippen LogP contribution in [0.1, 0.15) is 24.8 Å². The van der Waals surface area contributed by atoms with Crippen molar-refractivity contribution in [2.45, 2.75) is 31.7 Å². The summed E-state index contributed by atoms with van der Waals surface area (Å²) in [5.74, 6) is 0. The summed E-state index contributed by atoms with van der Waals surface area (Å²) in [7, 11) is -3.23. The molecule has 1 aromatic carbocycles. The summed E-state index contributed by atoms with van der Waals surface area (Å²) in [5.41, 5.74) is 1.18. The summed E-state index contributed by atoms with van der Waals surface area (Å²) >= 11 is 0. The van der Waals surface area contributed by atoms with Gasteiger partial charge in [0.2, 0.25) is 10.0 Å². The maximum Gasteiger partial charge on any atom is 0.317 e. The van der Waals surface area contributed by atoms with Crippen molar-refractivity contribution in [3.8, 4) is 0 Å². The van der Waals surface area contributed by atoms with Crippen LogP contribution in [-0.4, -0.2) is 51.3 Å². The summed E-state index contributed by atoms with van der Waals surface area (Å²) in [5, 5.41) is 2.94. The first-order valence-electron chi connectivity index (χ1n) is 7.99. The fourth-order valence-corrected chi connectivity index (χ4v) is 3.28. The third kappa shape index (κ3) is 6.19. The minimum Gasteiger partial charge on any atom is -0.338 e. The molecule has 7 heteroatoms. The highest BCUT2D eigenvalue weighted by atomic mass is 32.2. The molecule has 0 radical (unpaired) electrons. The Kier molecular flexibility index (Phi) is 6.41. The Morgan fingerprint density at radius 2 is 2.00 bits per heavy atom. The molecule has 0 saturated carbocycles. The topological polar surface area (TPSA) is 78.5 Å². The molecular formula is C16H25N3O3S. The SMILES string of the molecule is CS(=O)(=O)NC[C@H]1CCCCN1C(=O)NCCc1ccccc1. The standard InChI is InChI=1S/C16H25N3O3S/c1-23(21,22)18-13-15-9-5-6-12-19(15)16(20)17-11-10-14-7-3-2-4-8-14/h2-4,7-8,15,18H,5-6,9-13H2,1H3,(H,17,20)/t15-/m1/s1. The number of rotatable bonds is 6. The van der Waals surface area contributed by atoms with Gasteiger partial charge in [-0.2, -0.15) is 0 Å². The van der Waals surface area contributed by atoms with Gasteiger partial charge in [0.15, 0.2) is 0 Å². The first kappa shape index (κ1) is 17.7. The van der Waals surface area contributed by atoms with E-state index in [2.05, 4.69) is 10.0 Å². The zero-order valence-corrected chi connectivity index (χ0v) is 14.3. The number of amides is 2. The molecule has 0 unspecified atom stereocenters. The lowest BCUT2D eigenvalue weighted by Crippen LogP contribution is -2.52. The zero-order chi connectivity index (χ0) is 16.7. The highest BCUT2D eigenvalue weighted by Crippen LogP contribution is 2.16. The molecular weight excluding hydrogens is 314 g/mol. The summed E-state index contributed by atoms with van der Waals surface area (Å²) in [6, 6.07) is 9.81. The fraction of sp³-hybridized carbons (Fsp3) is 0.562. The van der Waals surface area contributed by atoms with E-state index in [4.69, 9.17) is 0 Å². The number of urea groups is 1. The number of carbonyl (C=O) groups excluding carboxylic acids is 1. The fourth-order valence-electron chi connectivity index (χ4n) is 2.79. The maximum absolute atomic E-state index is 12.4. The lowest BCUT2D eigenvalue weighted by molar-refractivity contribution is 0.152. The van der Waals surface area contributed by atoms with Crippen LogP contribution in [0.3, 0.4) is 0 Å². The normalized spacial score (nSPS) is 18.7. The van der Waals surface area contributed by atoms with Gasteiger partial charge in [0.25, 0.3) is 0 Å². The molecule has 23 heavy (non-hydrogen) atoms. The van der Waals surface area contributed by atoms with Crippen molar-refractivity contribution in [1.82, 2.24) is 14.9 Å². The highest BCUT2D eigenvalue weighted by molar-refractivity contribution is 7.88. The number of likely N-dealkylation sites (tertiary alicyclic amines) is 1. The molecule has 1 heterocycles. The van der Waals surface area contributed by atoms with E-state index in [0.717, 1.165) is 31.9 Å². The molecule has 128 valence electrons. The minimum atomic E-state index is -3.23. The summed E-state index contributed by atoms with van der Waals surface area (Å²) in [6.07, 6.45) is 4.73. The molecule has 0 bridgehead atoms. The molecule has 1 fully saturated rings. The molecule has 2 N–H and O–H groups in total. The smallest absolute Gasteiger partial charge is 0.317 e. The third-order valence-corrected chi connectivity index (χ3v) is 4.69. The van der Waals surface area contributed by atoms with Gasteiger partial charge < -0.3 is 10.2 Å². The van der Waals surface area contributed by atoms with Gasteiger partial charge in [-0.25, -0.2) is 17.9 Å². The maximum atomic E-state index is 12.4. The van der Waals surface area contributed by atoms with Crippen LogP contribution in [0.25, 0.3) is 0 Å². The van der Waals surface area contributed by atoms with E-state index in [9.17, 15) is 13.2 Å². The predicted molar refractivity (Wildman–Crippen MR) is 90.7 cm³/mol. The quantitative estimate of drug-likeness (QED) is 0.821. The van der Waals surface area contributed by atoms with Gasteiger partial charge in [-0.3, -0.25) is 0 Å². The molecule has 1 aliphatic rings. The van der Waals surface area contributed by atoms with Crippen molar-refractivity contribution in [2.75, 3.05) is 25.9 Å². The molecule has 0 aliphatic carbocycles. The molecule has 0 aromatic heterocycles. The molecule has 6 nitrogen and oxygen atoms in total. The molecule has 1 atom stereocenters. The Morgan fingerprint density at radius 1 is 1.26 bits per heavy atom. The van der Waals surface area contributed by atoms with Crippen molar-refractivity contribution in [3.05, 3.63) is 35.9 Å². The van der Waals surface area contributed by atoms with Gasteiger partial charge in [0, 0.05) is 25.7 Å². The Hall–Kier alpha value is -1.60. The van der Waals surface area contributed by atoms with Gasteiger partial charge in [-0.05, 0) is 31.2 Å². The van der Waals surface area contributed by atoms with E-state index in [1.54, 1.807) is 4.90 Å². The minimum absolute atomic E-state index is 0.0739. The summed E-state index contributed by atoms with van der Waals surface area (Å²) in [6.45, 7) is 1.53. The average molecular weight is 339 g/mol. The second-order valence-corrected chi connectivity index (χ2v) is 7.76. The molecule has 0 spiro atoms. The Bertz CT molecular complexity index is 604. The van der Waals surface area contributed by atoms with Crippen LogP contribution < -0.4 is 10.0 Å². The first-order valence-corrected chi connectivity index (χ1v) is 9.88. The monoisotopic (exact) mass is 339 g/mol. The van der Waals surface area contributed by atoms with Crippen LogP contribution in [0, 0.1) is 0 Å². The molecule has 2 rings (SSSR count). The largest absolute Gasteiger partial charge is 0.338 e. The number of sulfonamides is 1. The van der Waals surface area contributed by atoms with Crippen LogP contribution in [0.2, 0.25) is 0 Å².